The van der Waals surface area contributed by atoms with Crippen LogP contribution in [0.5, 0.6) is 0 Å². The second-order valence-electron chi connectivity index (χ2n) is 8.92. The highest BCUT2D eigenvalue weighted by Crippen LogP contribution is 2.47. The number of amides is 2. The Morgan fingerprint density at radius 1 is 1.13 bits per heavy atom. The lowest BCUT2D eigenvalue weighted by molar-refractivity contribution is 0.0220. The molecule has 0 radical (unpaired) electrons. The SMILES string of the molecule is CC(C)(C)OC(=O)N(CC1CC1)[C@@H]1C[C@H]1c1ccc(NC(=O)OCC(Cl)(Cl)Cl)cc1. The molecule has 2 amide bonds. The Kier molecular flexibility index (Phi) is 7.00. The molecule has 0 aromatic heterocycles. The van der Waals surface area contributed by atoms with E-state index < -0.39 is 15.5 Å². The van der Waals surface area contributed by atoms with Crippen LogP contribution in [0.1, 0.15) is 51.5 Å². The number of benzene rings is 1. The van der Waals surface area contributed by atoms with Crippen molar-refractivity contribution in [2.75, 3.05) is 18.5 Å². The first-order chi connectivity index (χ1) is 13.9. The molecule has 2 aliphatic carbocycles. The second kappa shape index (κ2) is 9.01. The molecule has 1 aromatic carbocycles. The Balaban J connectivity index is 1.56. The van der Waals surface area contributed by atoms with Gasteiger partial charge < -0.3 is 14.4 Å². The van der Waals surface area contributed by atoms with Crippen LogP contribution in [0.25, 0.3) is 0 Å². The number of hydrogen-bond donors (Lipinski definition) is 1. The topological polar surface area (TPSA) is 67.9 Å². The van der Waals surface area contributed by atoms with Gasteiger partial charge in [-0.2, -0.15) is 0 Å². The van der Waals surface area contributed by atoms with Gasteiger partial charge >= 0.3 is 12.2 Å². The minimum atomic E-state index is -1.65. The van der Waals surface area contributed by atoms with Crippen molar-refractivity contribution in [3.05, 3.63) is 29.8 Å². The maximum atomic E-state index is 12.7. The van der Waals surface area contributed by atoms with Gasteiger partial charge in [-0.25, -0.2) is 9.59 Å². The lowest BCUT2D eigenvalue weighted by atomic mass is 10.1. The van der Waals surface area contributed by atoms with Crippen LogP contribution in [0.2, 0.25) is 0 Å². The number of alkyl halides is 3. The Bertz CT molecular complexity index is 770. The van der Waals surface area contributed by atoms with Crippen molar-refractivity contribution in [1.82, 2.24) is 4.90 Å². The summed E-state index contributed by atoms with van der Waals surface area (Å²) in [7, 11) is 0. The minimum Gasteiger partial charge on any atom is -0.445 e. The van der Waals surface area contributed by atoms with Crippen molar-refractivity contribution in [2.24, 2.45) is 5.92 Å². The van der Waals surface area contributed by atoms with Gasteiger partial charge in [-0.15, -0.1) is 0 Å². The third-order valence-electron chi connectivity index (χ3n) is 4.89. The van der Waals surface area contributed by atoms with E-state index in [1.54, 1.807) is 12.1 Å². The van der Waals surface area contributed by atoms with E-state index in [-0.39, 0.29) is 24.7 Å². The van der Waals surface area contributed by atoms with E-state index in [9.17, 15) is 9.59 Å². The number of carbonyl (C=O) groups excluding carboxylic acids is 2. The molecule has 0 aliphatic heterocycles. The number of ether oxygens (including phenoxy) is 2. The van der Waals surface area contributed by atoms with Gasteiger partial charge in [0.15, 0.2) is 0 Å². The number of hydrogen-bond acceptors (Lipinski definition) is 4. The number of nitrogens with zero attached hydrogens (tertiary/aromatic N) is 1. The zero-order chi connectivity index (χ0) is 22.1. The predicted octanol–water partition coefficient (Wildman–Crippen LogP) is 6.11. The maximum Gasteiger partial charge on any atom is 0.411 e. The smallest absolute Gasteiger partial charge is 0.411 e. The highest BCUT2D eigenvalue weighted by Gasteiger charge is 2.47. The molecular formula is C21H27Cl3N2O4. The first-order valence-electron chi connectivity index (χ1n) is 10.0. The Morgan fingerprint density at radius 2 is 1.77 bits per heavy atom. The summed E-state index contributed by atoms with van der Waals surface area (Å²) < 4.78 is 8.82. The van der Waals surface area contributed by atoms with Crippen LogP contribution < -0.4 is 5.32 Å². The summed E-state index contributed by atoms with van der Waals surface area (Å²) >= 11 is 16.7. The molecule has 2 fully saturated rings. The fraction of sp³-hybridized carbons (Fsp3) is 0.619. The van der Waals surface area contributed by atoms with E-state index in [4.69, 9.17) is 44.3 Å². The van der Waals surface area contributed by atoms with E-state index in [0.29, 0.717) is 11.6 Å². The standard InChI is InChI=1S/C21H27Cl3N2O4/c1-20(2,3)30-19(28)26(11-13-4-5-13)17-10-16(17)14-6-8-15(9-7-14)25-18(27)29-12-21(22,23)24/h6-9,13,16-17H,4-5,10-12H2,1-3H3,(H,25,27)/t16-,17+/m0/s1. The summed E-state index contributed by atoms with van der Waals surface area (Å²) in [6, 6.07) is 7.62. The average molecular weight is 478 g/mol. The summed E-state index contributed by atoms with van der Waals surface area (Å²) in [6.07, 6.45) is 2.32. The number of rotatable bonds is 6. The number of halogens is 3. The van der Waals surface area contributed by atoms with Crippen LogP contribution in [-0.2, 0) is 9.47 Å². The van der Waals surface area contributed by atoms with Crippen LogP contribution in [0.3, 0.4) is 0 Å². The average Bonchev–Trinajstić information content (AvgIpc) is 3.51. The molecule has 1 aromatic rings. The Hall–Kier alpha value is -1.37. The third-order valence-corrected chi connectivity index (χ3v) is 5.22. The number of anilines is 1. The maximum absolute atomic E-state index is 12.7. The lowest BCUT2D eigenvalue weighted by Crippen LogP contribution is -2.40. The summed E-state index contributed by atoms with van der Waals surface area (Å²) in [4.78, 5) is 26.4. The normalized spacial score (nSPS) is 21.0. The van der Waals surface area contributed by atoms with Crippen molar-refractivity contribution in [1.29, 1.82) is 0 Å². The summed E-state index contributed by atoms with van der Waals surface area (Å²) in [5.41, 5.74) is 1.18. The second-order valence-corrected chi connectivity index (χ2v) is 11.4. The van der Waals surface area contributed by atoms with Gasteiger partial charge in [0, 0.05) is 24.2 Å². The molecule has 9 heteroatoms. The van der Waals surface area contributed by atoms with Gasteiger partial charge in [0.1, 0.15) is 12.2 Å². The van der Waals surface area contributed by atoms with Crippen LogP contribution in [0.4, 0.5) is 15.3 Å². The molecule has 0 bridgehead atoms. The fourth-order valence-corrected chi connectivity index (χ4v) is 3.41. The number of carbonyl (C=O) groups is 2. The van der Waals surface area contributed by atoms with Gasteiger partial charge in [0.05, 0.1) is 0 Å². The molecule has 2 atom stereocenters. The molecule has 166 valence electrons. The molecule has 0 unspecified atom stereocenters. The van der Waals surface area contributed by atoms with Crippen molar-refractivity contribution < 1.29 is 19.1 Å². The minimum absolute atomic E-state index is 0.147. The highest BCUT2D eigenvalue weighted by molar-refractivity contribution is 6.67. The molecule has 1 N–H and O–H groups in total. The molecule has 30 heavy (non-hydrogen) atoms. The van der Waals surface area contributed by atoms with Crippen LogP contribution in [0, 0.1) is 5.92 Å². The summed E-state index contributed by atoms with van der Waals surface area (Å²) in [5, 5.41) is 2.59. The van der Waals surface area contributed by atoms with Gasteiger partial charge in [-0.1, -0.05) is 46.9 Å². The van der Waals surface area contributed by atoms with Gasteiger partial charge in [0.2, 0.25) is 3.79 Å². The van der Waals surface area contributed by atoms with Crippen LogP contribution in [-0.4, -0.2) is 45.7 Å². The van der Waals surface area contributed by atoms with E-state index in [2.05, 4.69) is 5.32 Å². The highest BCUT2D eigenvalue weighted by atomic mass is 35.6. The molecule has 2 aliphatic rings. The van der Waals surface area contributed by atoms with Crippen LogP contribution >= 0.6 is 34.8 Å². The summed E-state index contributed by atoms with van der Waals surface area (Å²) in [5.74, 6) is 0.852. The number of nitrogens with one attached hydrogen (secondary N) is 1. The first kappa shape index (κ1) is 23.3. The predicted molar refractivity (Wildman–Crippen MR) is 119 cm³/mol. The zero-order valence-electron chi connectivity index (χ0n) is 17.3. The third kappa shape index (κ3) is 7.40. The van der Waals surface area contributed by atoms with E-state index in [1.807, 2.05) is 37.8 Å². The molecule has 6 nitrogen and oxygen atoms in total. The van der Waals surface area contributed by atoms with Crippen molar-refractivity contribution in [2.45, 2.75) is 61.4 Å². The molecular weight excluding hydrogens is 451 g/mol. The van der Waals surface area contributed by atoms with Crippen molar-refractivity contribution in [3.63, 3.8) is 0 Å². The molecule has 3 rings (SSSR count). The Labute approximate surface area is 192 Å². The van der Waals surface area contributed by atoms with Crippen LogP contribution in [0.15, 0.2) is 24.3 Å². The quantitative estimate of drug-likeness (QED) is 0.502. The van der Waals surface area contributed by atoms with E-state index in [1.165, 1.54) is 12.8 Å². The monoisotopic (exact) mass is 476 g/mol. The van der Waals surface area contributed by atoms with Gasteiger partial charge in [0.25, 0.3) is 0 Å². The molecule has 0 spiro atoms. The Morgan fingerprint density at radius 3 is 2.30 bits per heavy atom. The lowest BCUT2D eigenvalue weighted by Gasteiger charge is -2.28. The first-order valence-corrected chi connectivity index (χ1v) is 11.1. The molecule has 0 saturated heterocycles. The van der Waals surface area contributed by atoms with Gasteiger partial charge in [-0.3, -0.25) is 5.32 Å². The fourth-order valence-electron chi connectivity index (χ4n) is 3.24. The van der Waals surface area contributed by atoms with E-state index >= 15 is 0 Å². The largest absolute Gasteiger partial charge is 0.445 e. The van der Waals surface area contributed by atoms with Crippen molar-refractivity contribution >= 4 is 52.7 Å². The molecule has 2 saturated carbocycles. The van der Waals surface area contributed by atoms with Crippen molar-refractivity contribution in [3.8, 4) is 0 Å². The van der Waals surface area contributed by atoms with E-state index in [0.717, 1.165) is 18.5 Å². The summed E-state index contributed by atoms with van der Waals surface area (Å²) in [6.45, 7) is 6.07. The van der Waals surface area contributed by atoms with Gasteiger partial charge in [-0.05, 0) is 63.6 Å². The molecule has 0 heterocycles. The zero-order valence-corrected chi connectivity index (χ0v) is 19.6.